The van der Waals surface area contributed by atoms with Crippen LogP contribution in [0.4, 0.5) is 5.82 Å². The molecule has 4 heteroatoms. The van der Waals surface area contributed by atoms with Gasteiger partial charge < -0.3 is 10.0 Å². The Morgan fingerprint density at radius 1 is 1.22 bits per heavy atom. The van der Waals surface area contributed by atoms with Crippen molar-refractivity contribution >= 4 is 28.2 Å². The maximum atomic E-state index is 9.57. The van der Waals surface area contributed by atoms with Crippen LogP contribution in [0, 0.1) is 0 Å². The average Bonchev–Trinajstić information content (AvgIpc) is 2.38. The number of aromatic nitrogens is 1. The lowest BCUT2D eigenvalue weighted by Crippen LogP contribution is -2.36. The van der Waals surface area contributed by atoms with Gasteiger partial charge in [0.1, 0.15) is 11.0 Å². The molecule has 0 saturated carbocycles. The highest BCUT2D eigenvalue weighted by molar-refractivity contribution is 6.30. The zero-order valence-corrected chi connectivity index (χ0v) is 10.8. The van der Waals surface area contributed by atoms with Gasteiger partial charge in [-0.3, -0.25) is 0 Å². The molecule has 1 saturated heterocycles. The maximum absolute atomic E-state index is 9.57. The molecule has 0 amide bonds. The Balaban J connectivity index is 2.05. The van der Waals surface area contributed by atoms with Gasteiger partial charge in [-0.25, -0.2) is 4.98 Å². The summed E-state index contributed by atoms with van der Waals surface area (Å²) in [6.07, 6.45) is 1.41. The molecule has 0 aliphatic carbocycles. The summed E-state index contributed by atoms with van der Waals surface area (Å²) >= 11 is 6.08. The second-order valence-electron chi connectivity index (χ2n) is 4.71. The van der Waals surface area contributed by atoms with Crippen molar-refractivity contribution < 1.29 is 5.11 Å². The third kappa shape index (κ3) is 2.16. The summed E-state index contributed by atoms with van der Waals surface area (Å²) in [6, 6.07) is 10.0. The van der Waals surface area contributed by atoms with Crippen LogP contribution in [0.1, 0.15) is 12.8 Å². The second kappa shape index (κ2) is 4.75. The standard InChI is InChI=1S/C14H15ClN2O/c15-13-9-10-3-1-2-4-12(10)14(16-13)17-7-5-11(18)6-8-17/h1-4,9,11,18H,5-8H2. The van der Waals surface area contributed by atoms with Crippen molar-refractivity contribution in [2.24, 2.45) is 0 Å². The minimum atomic E-state index is -0.174. The van der Waals surface area contributed by atoms with E-state index in [1.165, 1.54) is 0 Å². The van der Waals surface area contributed by atoms with E-state index < -0.39 is 0 Å². The fourth-order valence-electron chi connectivity index (χ4n) is 2.47. The number of piperidine rings is 1. The molecule has 1 aliphatic rings. The SMILES string of the molecule is OC1CCN(c2nc(Cl)cc3ccccc23)CC1. The first kappa shape index (κ1) is 11.8. The molecule has 0 unspecified atom stereocenters. The normalized spacial score (nSPS) is 17.3. The summed E-state index contributed by atoms with van der Waals surface area (Å²) in [5.41, 5.74) is 0. The lowest BCUT2D eigenvalue weighted by molar-refractivity contribution is 0.145. The molecule has 18 heavy (non-hydrogen) atoms. The van der Waals surface area contributed by atoms with E-state index in [1.807, 2.05) is 24.3 Å². The molecule has 3 nitrogen and oxygen atoms in total. The number of nitrogens with zero attached hydrogens (tertiary/aromatic N) is 2. The van der Waals surface area contributed by atoms with Gasteiger partial charge in [0.2, 0.25) is 0 Å². The Hall–Kier alpha value is -1.32. The molecular weight excluding hydrogens is 248 g/mol. The van der Waals surface area contributed by atoms with E-state index in [-0.39, 0.29) is 6.10 Å². The minimum Gasteiger partial charge on any atom is -0.393 e. The van der Waals surface area contributed by atoms with Crippen molar-refractivity contribution in [1.82, 2.24) is 4.98 Å². The first-order valence-electron chi connectivity index (χ1n) is 6.22. The predicted molar refractivity (Wildman–Crippen MR) is 74.2 cm³/mol. The van der Waals surface area contributed by atoms with E-state index in [9.17, 15) is 5.11 Å². The number of hydrogen-bond donors (Lipinski definition) is 1. The lowest BCUT2D eigenvalue weighted by Gasteiger charge is -2.31. The Kier molecular flexibility index (Phi) is 3.10. The highest BCUT2D eigenvalue weighted by Gasteiger charge is 2.20. The molecule has 1 N–H and O–H groups in total. The lowest BCUT2D eigenvalue weighted by atomic mass is 10.1. The van der Waals surface area contributed by atoms with Crippen LogP contribution in [0.5, 0.6) is 0 Å². The first-order valence-corrected chi connectivity index (χ1v) is 6.60. The number of rotatable bonds is 1. The molecule has 1 fully saturated rings. The van der Waals surface area contributed by atoms with Gasteiger partial charge in [-0.05, 0) is 24.3 Å². The molecule has 1 aliphatic heterocycles. The van der Waals surface area contributed by atoms with Crippen LogP contribution in [-0.4, -0.2) is 29.3 Å². The van der Waals surface area contributed by atoms with Gasteiger partial charge in [0.25, 0.3) is 0 Å². The number of aliphatic hydroxyl groups is 1. The molecule has 94 valence electrons. The van der Waals surface area contributed by atoms with Gasteiger partial charge in [0, 0.05) is 18.5 Å². The van der Waals surface area contributed by atoms with Crippen LogP contribution in [-0.2, 0) is 0 Å². The highest BCUT2D eigenvalue weighted by Crippen LogP contribution is 2.29. The van der Waals surface area contributed by atoms with Crippen molar-refractivity contribution in [2.45, 2.75) is 18.9 Å². The van der Waals surface area contributed by atoms with Gasteiger partial charge in [-0.1, -0.05) is 35.9 Å². The smallest absolute Gasteiger partial charge is 0.138 e. The van der Waals surface area contributed by atoms with Crippen molar-refractivity contribution in [2.75, 3.05) is 18.0 Å². The van der Waals surface area contributed by atoms with Gasteiger partial charge >= 0.3 is 0 Å². The van der Waals surface area contributed by atoms with Crippen LogP contribution >= 0.6 is 11.6 Å². The molecule has 1 aromatic carbocycles. The van der Waals surface area contributed by atoms with Crippen molar-refractivity contribution in [3.05, 3.63) is 35.5 Å². The Bertz CT molecular complexity index is 565. The molecule has 0 bridgehead atoms. The van der Waals surface area contributed by atoms with E-state index in [2.05, 4.69) is 16.0 Å². The second-order valence-corrected chi connectivity index (χ2v) is 5.10. The average molecular weight is 263 g/mol. The molecule has 3 rings (SSSR count). The molecule has 1 aromatic heterocycles. The molecular formula is C14H15ClN2O. The fourth-order valence-corrected chi connectivity index (χ4v) is 2.66. The molecule has 0 radical (unpaired) electrons. The third-order valence-electron chi connectivity index (χ3n) is 3.45. The maximum Gasteiger partial charge on any atom is 0.138 e. The highest BCUT2D eigenvalue weighted by atomic mass is 35.5. The number of anilines is 1. The van der Waals surface area contributed by atoms with Crippen molar-refractivity contribution in [3.8, 4) is 0 Å². The molecule has 2 heterocycles. The quantitative estimate of drug-likeness (QED) is 0.803. The largest absolute Gasteiger partial charge is 0.393 e. The number of hydrogen-bond acceptors (Lipinski definition) is 3. The summed E-state index contributed by atoms with van der Waals surface area (Å²) in [7, 11) is 0. The monoisotopic (exact) mass is 262 g/mol. The van der Waals surface area contributed by atoms with Gasteiger partial charge in [0.15, 0.2) is 0 Å². The topological polar surface area (TPSA) is 36.4 Å². The zero-order valence-electron chi connectivity index (χ0n) is 10.0. The Morgan fingerprint density at radius 3 is 2.72 bits per heavy atom. The van der Waals surface area contributed by atoms with E-state index in [1.54, 1.807) is 0 Å². The number of halogens is 1. The summed E-state index contributed by atoms with van der Waals surface area (Å²) in [6.45, 7) is 1.66. The summed E-state index contributed by atoms with van der Waals surface area (Å²) < 4.78 is 0. The van der Waals surface area contributed by atoms with Crippen LogP contribution in [0.25, 0.3) is 10.8 Å². The predicted octanol–water partition coefficient (Wildman–Crippen LogP) is 2.85. The third-order valence-corrected chi connectivity index (χ3v) is 3.65. The molecule has 0 spiro atoms. The fraction of sp³-hybridized carbons (Fsp3) is 0.357. The van der Waals surface area contributed by atoms with Crippen LogP contribution in [0.3, 0.4) is 0 Å². The van der Waals surface area contributed by atoms with Crippen molar-refractivity contribution in [1.29, 1.82) is 0 Å². The number of aliphatic hydroxyl groups excluding tert-OH is 1. The summed E-state index contributed by atoms with van der Waals surface area (Å²) in [5.74, 6) is 0.935. The summed E-state index contributed by atoms with van der Waals surface area (Å²) in [4.78, 5) is 6.67. The van der Waals surface area contributed by atoms with Gasteiger partial charge in [0.05, 0.1) is 6.10 Å². The van der Waals surface area contributed by atoms with E-state index in [4.69, 9.17) is 11.6 Å². The zero-order chi connectivity index (χ0) is 12.5. The van der Waals surface area contributed by atoms with E-state index in [0.717, 1.165) is 42.5 Å². The van der Waals surface area contributed by atoms with Gasteiger partial charge in [-0.15, -0.1) is 0 Å². The minimum absolute atomic E-state index is 0.174. The first-order chi connectivity index (χ1) is 8.74. The van der Waals surface area contributed by atoms with Crippen molar-refractivity contribution in [3.63, 3.8) is 0 Å². The molecule has 2 aromatic rings. The summed E-state index contributed by atoms with van der Waals surface area (Å²) in [5, 5.41) is 12.3. The number of benzene rings is 1. The molecule has 0 atom stereocenters. The van der Waals surface area contributed by atoms with Crippen LogP contribution < -0.4 is 4.90 Å². The van der Waals surface area contributed by atoms with Crippen LogP contribution in [0.15, 0.2) is 30.3 Å². The van der Waals surface area contributed by atoms with E-state index in [0.29, 0.717) is 5.15 Å². The Labute approximate surface area is 111 Å². The number of fused-ring (bicyclic) bond motifs is 1. The Morgan fingerprint density at radius 2 is 1.94 bits per heavy atom. The van der Waals surface area contributed by atoms with Gasteiger partial charge in [-0.2, -0.15) is 0 Å². The number of pyridine rings is 1. The van der Waals surface area contributed by atoms with E-state index >= 15 is 0 Å². The van der Waals surface area contributed by atoms with Crippen LogP contribution in [0.2, 0.25) is 5.15 Å².